The molecule has 0 spiro atoms. The second-order valence-electron chi connectivity index (χ2n) is 3.63. The van der Waals surface area contributed by atoms with Crippen molar-refractivity contribution in [2.75, 3.05) is 0 Å². The highest BCUT2D eigenvalue weighted by molar-refractivity contribution is 5.86. The quantitative estimate of drug-likeness (QED) is 0.599. The summed E-state index contributed by atoms with van der Waals surface area (Å²) in [6, 6.07) is 0. The summed E-state index contributed by atoms with van der Waals surface area (Å²) in [6.45, 7) is 11.8. The van der Waals surface area contributed by atoms with Gasteiger partial charge in [0.1, 0.15) is 0 Å². The highest BCUT2D eigenvalue weighted by atomic mass is 14.7. The van der Waals surface area contributed by atoms with Gasteiger partial charge in [-0.05, 0) is 23.0 Å². The standard InChI is InChI=1S/C13H17N/c1-5-12-7-10(3)11(4)8-13(12)9-14-6-2/h5-11H,1-2H2,3-4H3/b14-9-/t10-,11?/m0/s1. The third kappa shape index (κ3) is 2.32. The number of hydrogen-bond donors (Lipinski definition) is 0. The van der Waals surface area contributed by atoms with Crippen molar-refractivity contribution in [2.24, 2.45) is 16.8 Å². The Bertz CT molecular complexity index is 318. The summed E-state index contributed by atoms with van der Waals surface area (Å²) in [5.41, 5.74) is 2.31. The van der Waals surface area contributed by atoms with Gasteiger partial charge in [-0.2, -0.15) is 0 Å². The number of rotatable bonds is 3. The van der Waals surface area contributed by atoms with Gasteiger partial charge in [-0.1, -0.05) is 45.2 Å². The van der Waals surface area contributed by atoms with E-state index < -0.39 is 0 Å². The molecule has 74 valence electrons. The van der Waals surface area contributed by atoms with E-state index in [0.29, 0.717) is 11.8 Å². The molecule has 0 radical (unpaired) electrons. The molecule has 1 aliphatic carbocycles. The monoisotopic (exact) mass is 187 g/mol. The molecule has 0 saturated heterocycles. The van der Waals surface area contributed by atoms with Crippen LogP contribution in [0, 0.1) is 11.8 Å². The molecule has 1 rings (SSSR count). The Labute approximate surface area is 86.2 Å². The lowest BCUT2D eigenvalue weighted by Gasteiger charge is -2.21. The van der Waals surface area contributed by atoms with E-state index in [1.165, 1.54) is 5.57 Å². The van der Waals surface area contributed by atoms with Gasteiger partial charge in [0.2, 0.25) is 0 Å². The molecule has 0 aliphatic heterocycles. The highest BCUT2D eigenvalue weighted by Crippen LogP contribution is 2.26. The summed E-state index contributed by atoms with van der Waals surface area (Å²) >= 11 is 0. The summed E-state index contributed by atoms with van der Waals surface area (Å²) in [5, 5.41) is 0. The first-order chi connectivity index (χ1) is 6.69. The Balaban J connectivity index is 2.96. The summed E-state index contributed by atoms with van der Waals surface area (Å²) in [6.07, 6.45) is 9.73. The van der Waals surface area contributed by atoms with Gasteiger partial charge in [0.25, 0.3) is 0 Å². The van der Waals surface area contributed by atoms with E-state index in [1.807, 2.05) is 12.3 Å². The molecular formula is C13H17N. The predicted molar refractivity (Wildman–Crippen MR) is 63.4 cm³/mol. The van der Waals surface area contributed by atoms with Crippen LogP contribution in [0.15, 0.2) is 53.7 Å². The van der Waals surface area contributed by atoms with Crippen LogP contribution in [0.4, 0.5) is 0 Å². The third-order valence-corrected chi connectivity index (χ3v) is 2.59. The smallest absolute Gasteiger partial charge is 0.0342 e. The van der Waals surface area contributed by atoms with Gasteiger partial charge in [0.05, 0.1) is 0 Å². The first-order valence-electron chi connectivity index (χ1n) is 4.89. The molecule has 2 atom stereocenters. The van der Waals surface area contributed by atoms with Gasteiger partial charge >= 0.3 is 0 Å². The number of nitrogens with zero attached hydrogens (tertiary/aromatic N) is 1. The van der Waals surface area contributed by atoms with Crippen LogP contribution in [-0.4, -0.2) is 6.21 Å². The zero-order chi connectivity index (χ0) is 10.6. The average Bonchev–Trinajstić information content (AvgIpc) is 2.19. The van der Waals surface area contributed by atoms with Crippen LogP contribution in [0.1, 0.15) is 13.8 Å². The minimum Gasteiger partial charge on any atom is -0.265 e. The first-order valence-corrected chi connectivity index (χ1v) is 4.89. The molecule has 0 aromatic carbocycles. The van der Waals surface area contributed by atoms with E-state index in [9.17, 15) is 0 Å². The normalized spacial score (nSPS) is 27.0. The van der Waals surface area contributed by atoms with Gasteiger partial charge in [-0.25, -0.2) is 0 Å². The van der Waals surface area contributed by atoms with Gasteiger partial charge < -0.3 is 0 Å². The zero-order valence-electron chi connectivity index (χ0n) is 8.90. The molecule has 0 fully saturated rings. The predicted octanol–water partition coefficient (Wildman–Crippen LogP) is 3.53. The van der Waals surface area contributed by atoms with E-state index in [-0.39, 0.29) is 0 Å². The van der Waals surface area contributed by atoms with E-state index in [1.54, 1.807) is 6.20 Å². The van der Waals surface area contributed by atoms with E-state index in [0.717, 1.165) is 5.57 Å². The minimum absolute atomic E-state index is 0.560. The van der Waals surface area contributed by atoms with E-state index >= 15 is 0 Å². The van der Waals surface area contributed by atoms with Gasteiger partial charge in [-0.3, -0.25) is 4.99 Å². The van der Waals surface area contributed by atoms with Crippen LogP contribution in [-0.2, 0) is 0 Å². The molecule has 0 bridgehead atoms. The van der Waals surface area contributed by atoms with Gasteiger partial charge in [-0.15, -0.1) is 0 Å². The van der Waals surface area contributed by atoms with Crippen molar-refractivity contribution in [3.05, 3.63) is 48.7 Å². The molecule has 14 heavy (non-hydrogen) atoms. The molecule has 1 aliphatic rings. The van der Waals surface area contributed by atoms with Crippen LogP contribution in [0.3, 0.4) is 0 Å². The lowest BCUT2D eigenvalue weighted by atomic mass is 9.84. The van der Waals surface area contributed by atoms with Crippen molar-refractivity contribution in [2.45, 2.75) is 13.8 Å². The van der Waals surface area contributed by atoms with E-state index in [2.05, 4.69) is 44.1 Å². The molecule has 0 aromatic rings. The summed E-state index contributed by atoms with van der Waals surface area (Å²) in [5.74, 6) is 1.13. The second-order valence-corrected chi connectivity index (χ2v) is 3.63. The van der Waals surface area contributed by atoms with Gasteiger partial charge in [0, 0.05) is 12.4 Å². The molecule has 0 aromatic heterocycles. The zero-order valence-corrected chi connectivity index (χ0v) is 8.90. The fourth-order valence-electron chi connectivity index (χ4n) is 1.50. The number of allylic oxidation sites excluding steroid dienone is 5. The lowest BCUT2D eigenvalue weighted by molar-refractivity contribution is 0.548. The maximum absolute atomic E-state index is 4.04. The van der Waals surface area contributed by atoms with Crippen molar-refractivity contribution < 1.29 is 0 Å². The topological polar surface area (TPSA) is 12.4 Å². The molecule has 1 nitrogen and oxygen atoms in total. The van der Waals surface area contributed by atoms with Crippen LogP contribution < -0.4 is 0 Å². The Morgan fingerprint density at radius 1 is 1.14 bits per heavy atom. The van der Waals surface area contributed by atoms with Crippen molar-refractivity contribution in [1.29, 1.82) is 0 Å². The molecule has 0 amide bonds. The van der Waals surface area contributed by atoms with Crippen molar-refractivity contribution in [3.8, 4) is 0 Å². The van der Waals surface area contributed by atoms with Crippen LogP contribution in [0.25, 0.3) is 0 Å². The van der Waals surface area contributed by atoms with Crippen molar-refractivity contribution >= 4 is 6.21 Å². The summed E-state index contributed by atoms with van der Waals surface area (Å²) in [7, 11) is 0. The van der Waals surface area contributed by atoms with Crippen LogP contribution in [0.2, 0.25) is 0 Å². The first kappa shape index (κ1) is 10.7. The second kappa shape index (κ2) is 4.75. The molecule has 1 heteroatoms. The Kier molecular flexibility index (Phi) is 3.63. The average molecular weight is 187 g/mol. The van der Waals surface area contributed by atoms with Crippen molar-refractivity contribution in [1.82, 2.24) is 0 Å². The fraction of sp³-hybridized carbons (Fsp3) is 0.308. The molecule has 0 N–H and O–H groups in total. The number of hydrogen-bond acceptors (Lipinski definition) is 1. The van der Waals surface area contributed by atoms with Gasteiger partial charge in [0.15, 0.2) is 0 Å². The SMILES string of the molecule is C=C/N=C\C1=CC(C)[C@@H](C)C=C1C=C. The summed E-state index contributed by atoms with van der Waals surface area (Å²) < 4.78 is 0. The molecule has 0 saturated carbocycles. The molecular weight excluding hydrogens is 170 g/mol. The van der Waals surface area contributed by atoms with Crippen LogP contribution >= 0.6 is 0 Å². The third-order valence-electron chi connectivity index (χ3n) is 2.59. The van der Waals surface area contributed by atoms with Crippen molar-refractivity contribution in [3.63, 3.8) is 0 Å². The summed E-state index contributed by atoms with van der Waals surface area (Å²) in [4.78, 5) is 4.04. The maximum Gasteiger partial charge on any atom is 0.0342 e. The molecule has 1 unspecified atom stereocenters. The molecule has 0 heterocycles. The Morgan fingerprint density at radius 2 is 1.71 bits per heavy atom. The van der Waals surface area contributed by atoms with Crippen LogP contribution in [0.5, 0.6) is 0 Å². The fourth-order valence-corrected chi connectivity index (χ4v) is 1.50. The number of aliphatic imine (C=N–C) groups is 1. The Hall–Kier alpha value is -1.37. The maximum atomic E-state index is 4.04. The largest absolute Gasteiger partial charge is 0.265 e. The Morgan fingerprint density at radius 3 is 2.21 bits per heavy atom. The minimum atomic E-state index is 0.560. The lowest BCUT2D eigenvalue weighted by Crippen LogP contribution is -2.10. The van der Waals surface area contributed by atoms with E-state index in [4.69, 9.17) is 0 Å². The highest BCUT2D eigenvalue weighted by Gasteiger charge is 2.15.